The Bertz CT molecular complexity index is 2020. The second-order valence-electron chi connectivity index (χ2n) is 10.9. The van der Waals surface area contributed by atoms with Gasteiger partial charge in [0.2, 0.25) is 0 Å². The van der Waals surface area contributed by atoms with Gasteiger partial charge in [-0.15, -0.1) is 0 Å². The molecule has 4 aromatic rings. The Balaban J connectivity index is 0.945. The van der Waals surface area contributed by atoms with Crippen LogP contribution in [0.15, 0.2) is 91.0 Å². The number of allylic oxidation sites excluding steroid dienone is 2. The topological polar surface area (TPSA) is 139 Å². The summed E-state index contributed by atoms with van der Waals surface area (Å²) in [5.41, 5.74) is 3.90. The second kappa shape index (κ2) is 11.4. The van der Waals surface area contributed by atoms with Gasteiger partial charge in [-0.1, -0.05) is 30.3 Å². The lowest BCUT2D eigenvalue weighted by Gasteiger charge is -2.23. The first-order valence-electron chi connectivity index (χ1n) is 14.4. The highest BCUT2D eigenvalue weighted by molar-refractivity contribution is 6.16. The van der Waals surface area contributed by atoms with Crippen molar-refractivity contribution < 1.29 is 47.7 Å². The summed E-state index contributed by atoms with van der Waals surface area (Å²) in [6, 6.07) is 22.7. The molecule has 0 bridgehead atoms. The van der Waals surface area contributed by atoms with Crippen molar-refractivity contribution in [2.45, 2.75) is 25.2 Å². The predicted molar refractivity (Wildman–Crippen MR) is 160 cm³/mol. The van der Waals surface area contributed by atoms with Gasteiger partial charge in [0.25, 0.3) is 0 Å². The van der Waals surface area contributed by atoms with Crippen LogP contribution in [-0.2, 0) is 9.47 Å². The maximum atomic E-state index is 12.6. The van der Waals surface area contributed by atoms with E-state index in [2.05, 4.69) is 15.5 Å². The molecule has 0 fully saturated rings. The SMILES string of the molecule is O=C(Oc1ccc(C2=CCC(c3ccc(OC(=O)c4ccc5c(c4)C(=O)OC5=O)cc3)CC2)cc1)c1ccc2c(c1)C(=O)OC2=O. The Morgan fingerprint density at radius 1 is 0.587 bits per heavy atom. The highest BCUT2D eigenvalue weighted by atomic mass is 16.6. The number of rotatable bonds is 6. The summed E-state index contributed by atoms with van der Waals surface area (Å²) in [4.78, 5) is 72.1. The molecular weight excluding hydrogens is 592 g/mol. The molecule has 7 rings (SSSR count). The van der Waals surface area contributed by atoms with Crippen LogP contribution in [0.25, 0.3) is 5.57 Å². The van der Waals surface area contributed by atoms with E-state index in [1.165, 1.54) is 42.0 Å². The van der Waals surface area contributed by atoms with Gasteiger partial charge in [-0.05, 0) is 103 Å². The molecule has 10 nitrogen and oxygen atoms in total. The fourth-order valence-electron chi connectivity index (χ4n) is 5.70. The van der Waals surface area contributed by atoms with Crippen LogP contribution in [0.2, 0.25) is 0 Å². The minimum atomic E-state index is -0.788. The number of hydrogen-bond acceptors (Lipinski definition) is 10. The van der Waals surface area contributed by atoms with E-state index < -0.39 is 35.8 Å². The van der Waals surface area contributed by atoms with E-state index in [9.17, 15) is 28.8 Å². The van der Waals surface area contributed by atoms with Gasteiger partial charge in [-0.3, -0.25) is 0 Å². The van der Waals surface area contributed by atoms with Crippen LogP contribution in [0.4, 0.5) is 0 Å². The lowest BCUT2D eigenvalue weighted by atomic mass is 9.83. The van der Waals surface area contributed by atoms with Crippen LogP contribution in [0.5, 0.6) is 11.5 Å². The van der Waals surface area contributed by atoms with Crippen LogP contribution in [0.3, 0.4) is 0 Å². The van der Waals surface area contributed by atoms with Crippen LogP contribution in [0, 0.1) is 0 Å². The summed E-state index contributed by atoms with van der Waals surface area (Å²) in [5.74, 6) is -3.37. The van der Waals surface area contributed by atoms with E-state index in [0.29, 0.717) is 11.5 Å². The molecule has 0 N–H and O–H groups in total. The van der Waals surface area contributed by atoms with Gasteiger partial charge in [-0.25, -0.2) is 28.8 Å². The number of ether oxygens (including phenoxy) is 4. The highest BCUT2D eigenvalue weighted by Crippen LogP contribution is 2.37. The van der Waals surface area contributed by atoms with Gasteiger partial charge in [0.1, 0.15) is 11.5 Å². The third-order valence-electron chi connectivity index (χ3n) is 8.17. The maximum Gasteiger partial charge on any atom is 0.346 e. The van der Waals surface area contributed by atoms with E-state index in [0.717, 1.165) is 30.4 Å². The monoisotopic (exact) mass is 614 g/mol. The molecule has 3 aliphatic rings. The number of hydrogen-bond donors (Lipinski definition) is 0. The molecule has 0 amide bonds. The van der Waals surface area contributed by atoms with E-state index >= 15 is 0 Å². The molecular formula is C36H22O10. The Labute approximate surface area is 261 Å². The minimum absolute atomic E-state index is 0.0403. The Hall–Kier alpha value is -6.16. The third kappa shape index (κ3) is 5.36. The van der Waals surface area contributed by atoms with E-state index in [1.807, 2.05) is 24.3 Å². The minimum Gasteiger partial charge on any atom is -0.423 e. The Morgan fingerprint density at radius 2 is 1.07 bits per heavy atom. The quantitative estimate of drug-likeness (QED) is 0.142. The molecule has 0 spiro atoms. The fourth-order valence-corrected chi connectivity index (χ4v) is 5.70. The molecule has 0 saturated carbocycles. The Kier molecular flexibility index (Phi) is 7.09. The van der Waals surface area contributed by atoms with Crippen LogP contribution in [-0.4, -0.2) is 35.8 Å². The fraction of sp³-hybridized carbons (Fsp3) is 0.111. The smallest absolute Gasteiger partial charge is 0.346 e. The zero-order chi connectivity index (χ0) is 31.9. The normalized spacial score (nSPS) is 16.6. The summed E-state index contributed by atoms with van der Waals surface area (Å²) in [5, 5.41) is 0. The number of cyclic esters (lactones) is 4. The van der Waals surface area contributed by atoms with Crippen molar-refractivity contribution >= 4 is 41.4 Å². The van der Waals surface area contributed by atoms with Crippen molar-refractivity contribution in [3.05, 3.63) is 136 Å². The molecule has 0 aromatic heterocycles. The summed E-state index contributed by atoms with van der Waals surface area (Å²) in [7, 11) is 0. The first-order valence-corrected chi connectivity index (χ1v) is 14.4. The zero-order valence-corrected chi connectivity index (χ0v) is 23.9. The number of esters is 6. The molecule has 1 atom stereocenters. The van der Waals surface area contributed by atoms with E-state index in [1.54, 1.807) is 24.3 Å². The van der Waals surface area contributed by atoms with Gasteiger partial charge in [0.15, 0.2) is 0 Å². The first kappa shape index (κ1) is 28.6. The third-order valence-corrected chi connectivity index (χ3v) is 8.17. The van der Waals surface area contributed by atoms with Crippen LogP contribution in [0.1, 0.15) is 98.5 Å². The van der Waals surface area contributed by atoms with Gasteiger partial charge < -0.3 is 18.9 Å². The van der Waals surface area contributed by atoms with Crippen molar-refractivity contribution in [1.82, 2.24) is 0 Å². The van der Waals surface area contributed by atoms with Crippen molar-refractivity contribution in [2.24, 2.45) is 0 Å². The predicted octanol–water partition coefficient (Wildman–Crippen LogP) is 6.10. The molecule has 1 aliphatic carbocycles. The van der Waals surface area contributed by atoms with Gasteiger partial charge in [0, 0.05) is 0 Å². The molecule has 2 aliphatic heterocycles. The van der Waals surface area contributed by atoms with E-state index in [-0.39, 0.29) is 39.3 Å². The molecule has 0 radical (unpaired) electrons. The molecule has 226 valence electrons. The summed E-state index contributed by atoms with van der Waals surface area (Å²) in [6.07, 6.45) is 4.76. The number of benzene rings is 4. The lowest BCUT2D eigenvalue weighted by Crippen LogP contribution is -2.10. The number of carbonyl (C=O) groups is 6. The molecule has 46 heavy (non-hydrogen) atoms. The Morgan fingerprint density at radius 3 is 1.54 bits per heavy atom. The molecule has 10 heteroatoms. The average Bonchev–Trinajstić information content (AvgIpc) is 3.53. The molecule has 1 unspecified atom stereocenters. The summed E-state index contributed by atoms with van der Waals surface area (Å²) < 4.78 is 20.1. The molecule has 0 saturated heterocycles. The molecule has 2 heterocycles. The van der Waals surface area contributed by atoms with Crippen molar-refractivity contribution in [1.29, 1.82) is 0 Å². The van der Waals surface area contributed by atoms with Gasteiger partial charge >= 0.3 is 35.8 Å². The van der Waals surface area contributed by atoms with Gasteiger partial charge in [0.05, 0.1) is 33.4 Å². The number of carbonyl (C=O) groups excluding carboxylic acids is 6. The summed E-state index contributed by atoms with van der Waals surface area (Å²) >= 11 is 0. The zero-order valence-electron chi connectivity index (χ0n) is 23.9. The largest absolute Gasteiger partial charge is 0.423 e. The molecule has 4 aromatic carbocycles. The first-order chi connectivity index (χ1) is 22.2. The van der Waals surface area contributed by atoms with Gasteiger partial charge in [-0.2, -0.15) is 0 Å². The maximum absolute atomic E-state index is 12.6. The van der Waals surface area contributed by atoms with Crippen LogP contribution < -0.4 is 9.47 Å². The van der Waals surface area contributed by atoms with Crippen molar-refractivity contribution in [3.63, 3.8) is 0 Å². The highest BCUT2D eigenvalue weighted by Gasteiger charge is 2.32. The van der Waals surface area contributed by atoms with E-state index in [4.69, 9.17) is 9.47 Å². The number of fused-ring (bicyclic) bond motifs is 2. The van der Waals surface area contributed by atoms with Crippen LogP contribution >= 0.6 is 0 Å². The van der Waals surface area contributed by atoms with Crippen molar-refractivity contribution in [2.75, 3.05) is 0 Å². The lowest BCUT2D eigenvalue weighted by molar-refractivity contribution is 0.0425. The van der Waals surface area contributed by atoms with Crippen molar-refractivity contribution in [3.8, 4) is 11.5 Å². The second-order valence-corrected chi connectivity index (χ2v) is 10.9. The summed E-state index contributed by atoms with van der Waals surface area (Å²) in [6.45, 7) is 0. The average molecular weight is 615 g/mol. The standard InChI is InChI=1S/C36H22O10/c37-31(23-9-15-27-29(17-23)35(41)45-33(27)39)43-25-11-5-21(6-12-25)19-1-2-20(4-3-19)22-7-13-26(14-8-22)44-32(38)24-10-16-28-30(18-24)36(42)46-34(28)40/h1,5-18,20H,2-4H2.